The molecule has 2 aromatic heterocycles. The Bertz CT molecular complexity index is 1700. The summed E-state index contributed by atoms with van der Waals surface area (Å²) in [6.07, 6.45) is -1.15. The van der Waals surface area contributed by atoms with Crippen molar-refractivity contribution in [1.29, 1.82) is 0 Å². The maximum atomic E-state index is 15.6. The zero-order valence-electron chi connectivity index (χ0n) is 21.3. The number of halogens is 4. The highest BCUT2D eigenvalue weighted by Gasteiger charge is 2.31. The molecule has 0 saturated heterocycles. The summed E-state index contributed by atoms with van der Waals surface area (Å²) in [4.78, 5) is 31.9. The van der Waals surface area contributed by atoms with Crippen LogP contribution in [-0.4, -0.2) is 36.6 Å². The molecule has 2 aromatic carbocycles. The first kappa shape index (κ1) is 28.7. The second-order valence-electron chi connectivity index (χ2n) is 8.97. The highest BCUT2D eigenvalue weighted by Crippen LogP contribution is 2.31. The Hall–Kier alpha value is -4.26. The average Bonchev–Trinajstić information content (AvgIpc) is 3.32. The number of ketones is 1. The van der Waals surface area contributed by atoms with E-state index < -0.39 is 43.9 Å². The van der Waals surface area contributed by atoms with E-state index in [4.69, 9.17) is 0 Å². The van der Waals surface area contributed by atoms with Crippen LogP contribution in [0.1, 0.15) is 46.0 Å². The predicted molar refractivity (Wildman–Crippen MR) is 140 cm³/mol. The second-order valence-corrected chi connectivity index (χ2v) is 10.7. The largest absolute Gasteiger partial charge is 0.416 e. The summed E-state index contributed by atoms with van der Waals surface area (Å²) >= 11 is 0. The second kappa shape index (κ2) is 11.1. The molecule has 8 nitrogen and oxygen atoms in total. The topological polar surface area (TPSA) is 121 Å². The molecule has 40 heavy (non-hydrogen) atoms. The van der Waals surface area contributed by atoms with Crippen molar-refractivity contribution in [3.63, 3.8) is 0 Å². The SMILES string of the molecule is CCNC(=O)CCc1cnc2[nH]cc(C(=O)c3c(C)ccc(NS(=O)(=O)c4ccc(C(F)(F)F)cc4)c3F)c2c1. The summed E-state index contributed by atoms with van der Waals surface area (Å²) in [5.41, 5.74) is -0.607. The van der Waals surface area contributed by atoms with Gasteiger partial charge in [-0.3, -0.25) is 14.3 Å². The Morgan fingerprint density at radius 2 is 1.77 bits per heavy atom. The van der Waals surface area contributed by atoms with Crippen LogP contribution in [0.15, 0.2) is 59.8 Å². The van der Waals surface area contributed by atoms with Crippen LogP contribution < -0.4 is 10.0 Å². The molecule has 0 unspecified atom stereocenters. The van der Waals surface area contributed by atoms with Gasteiger partial charge in [-0.05, 0) is 67.8 Å². The number of sulfonamides is 1. The molecule has 13 heteroatoms. The molecule has 0 spiro atoms. The van der Waals surface area contributed by atoms with Crippen LogP contribution in [-0.2, 0) is 27.4 Å². The maximum Gasteiger partial charge on any atom is 0.416 e. The molecule has 0 bridgehead atoms. The third-order valence-electron chi connectivity index (χ3n) is 6.16. The van der Waals surface area contributed by atoms with Gasteiger partial charge < -0.3 is 10.3 Å². The predicted octanol–water partition coefficient (Wildman–Crippen LogP) is 5.13. The first-order valence-electron chi connectivity index (χ1n) is 12.1. The van der Waals surface area contributed by atoms with Crippen LogP contribution in [0.25, 0.3) is 11.0 Å². The minimum atomic E-state index is -4.66. The van der Waals surface area contributed by atoms with E-state index in [2.05, 4.69) is 15.3 Å². The molecule has 0 fully saturated rings. The summed E-state index contributed by atoms with van der Waals surface area (Å²) in [5.74, 6) is -2.02. The first-order chi connectivity index (χ1) is 18.8. The van der Waals surface area contributed by atoms with Crippen LogP contribution in [0.2, 0.25) is 0 Å². The highest BCUT2D eigenvalue weighted by atomic mass is 32.2. The van der Waals surface area contributed by atoms with Crippen LogP contribution in [0.5, 0.6) is 0 Å². The fourth-order valence-corrected chi connectivity index (χ4v) is 5.17. The Morgan fingerprint density at radius 3 is 2.42 bits per heavy atom. The quantitative estimate of drug-likeness (QED) is 0.189. The standard InChI is InChI=1S/C27H24F4N4O4S/c1-3-32-22(36)11-5-16-12-19-20(14-34-26(19)33-13-16)25(37)23-15(2)4-10-21(24(23)28)35-40(38,39)18-8-6-17(7-9-18)27(29,30)31/h4,6-10,12-14,35H,3,5,11H2,1-2H3,(H,32,36)(H,33,34). The van der Waals surface area contributed by atoms with E-state index in [9.17, 15) is 31.2 Å². The molecule has 0 atom stereocenters. The Labute approximate surface area is 226 Å². The van der Waals surface area contributed by atoms with E-state index in [1.807, 2.05) is 4.72 Å². The Balaban J connectivity index is 1.64. The number of aromatic nitrogens is 2. The lowest BCUT2D eigenvalue weighted by atomic mass is 9.97. The van der Waals surface area contributed by atoms with Crippen LogP contribution in [0, 0.1) is 12.7 Å². The highest BCUT2D eigenvalue weighted by molar-refractivity contribution is 7.92. The molecule has 1 amide bonds. The van der Waals surface area contributed by atoms with Crippen LogP contribution >= 0.6 is 0 Å². The van der Waals surface area contributed by atoms with Gasteiger partial charge >= 0.3 is 6.18 Å². The van der Waals surface area contributed by atoms with E-state index in [0.717, 1.165) is 18.2 Å². The van der Waals surface area contributed by atoms with E-state index in [1.54, 1.807) is 19.2 Å². The summed E-state index contributed by atoms with van der Waals surface area (Å²) in [7, 11) is -4.48. The molecule has 3 N–H and O–H groups in total. The third kappa shape index (κ3) is 5.98. The van der Waals surface area contributed by atoms with Crippen LogP contribution in [0.3, 0.4) is 0 Å². The van der Waals surface area contributed by atoms with Crippen molar-refractivity contribution in [2.45, 2.75) is 37.8 Å². The molecule has 0 saturated carbocycles. The lowest BCUT2D eigenvalue weighted by Crippen LogP contribution is -2.22. The van der Waals surface area contributed by atoms with E-state index in [1.165, 1.54) is 19.2 Å². The molecule has 4 rings (SSSR count). The molecule has 0 radical (unpaired) electrons. The third-order valence-corrected chi connectivity index (χ3v) is 7.54. The number of hydrogen-bond donors (Lipinski definition) is 3. The smallest absolute Gasteiger partial charge is 0.356 e. The molecule has 0 aliphatic carbocycles. The van der Waals surface area contributed by atoms with Gasteiger partial charge in [-0.15, -0.1) is 0 Å². The van der Waals surface area contributed by atoms with Crippen LogP contribution in [0.4, 0.5) is 23.2 Å². The van der Waals surface area contributed by atoms with Crippen molar-refractivity contribution in [3.05, 3.63) is 88.5 Å². The number of benzene rings is 2. The number of rotatable bonds is 9. The first-order valence-corrected chi connectivity index (χ1v) is 13.6. The van der Waals surface area contributed by atoms with Crippen molar-refractivity contribution in [2.24, 2.45) is 0 Å². The van der Waals surface area contributed by atoms with Gasteiger partial charge in [-0.25, -0.2) is 17.8 Å². The fraction of sp³-hybridized carbons (Fsp3) is 0.222. The number of aromatic amines is 1. The molecule has 4 aromatic rings. The lowest BCUT2D eigenvalue weighted by molar-refractivity contribution is -0.137. The number of H-pyrrole nitrogens is 1. The van der Waals surface area contributed by atoms with Gasteiger partial charge in [-0.1, -0.05) is 6.07 Å². The number of hydrogen-bond acceptors (Lipinski definition) is 5. The normalized spacial score (nSPS) is 11.9. The van der Waals surface area contributed by atoms with Crippen molar-refractivity contribution >= 4 is 38.4 Å². The summed E-state index contributed by atoms with van der Waals surface area (Å²) < 4.78 is 81.7. The van der Waals surface area contributed by atoms with E-state index in [0.29, 0.717) is 41.7 Å². The number of anilines is 1. The minimum absolute atomic E-state index is 0.0899. The van der Waals surface area contributed by atoms with Gasteiger partial charge in [0, 0.05) is 36.3 Å². The number of carbonyl (C=O) groups excluding carboxylic acids is 2. The molecule has 0 aliphatic rings. The average molecular weight is 577 g/mol. The number of nitrogens with one attached hydrogen (secondary N) is 3. The fourth-order valence-electron chi connectivity index (χ4n) is 4.11. The summed E-state index contributed by atoms with van der Waals surface area (Å²) in [6.45, 7) is 3.78. The molecule has 210 valence electrons. The number of nitrogens with zero attached hydrogens (tertiary/aromatic N) is 1. The van der Waals surface area contributed by atoms with Crippen molar-refractivity contribution < 1.29 is 35.6 Å². The number of alkyl halides is 3. The number of fused-ring (bicyclic) bond motifs is 1. The maximum absolute atomic E-state index is 15.6. The lowest BCUT2D eigenvalue weighted by Gasteiger charge is -2.14. The summed E-state index contributed by atoms with van der Waals surface area (Å²) in [5, 5.41) is 3.09. The van der Waals surface area contributed by atoms with Gasteiger partial charge in [0.2, 0.25) is 5.91 Å². The molecule has 2 heterocycles. The Morgan fingerprint density at radius 1 is 1.07 bits per heavy atom. The zero-order chi connectivity index (χ0) is 29.2. The van der Waals surface area contributed by atoms with Gasteiger partial charge in [0.05, 0.1) is 21.7 Å². The van der Waals surface area contributed by atoms with Gasteiger partial charge in [0.25, 0.3) is 10.0 Å². The van der Waals surface area contributed by atoms with Crippen molar-refractivity contribution in [1.82, 2.24) is 15.3 Å². The van der Waals surface area contributed by atoms with E-state index >= 15 is 4.39 Å². The minimum Gasteiger partial charge on any atom is -0.356 e. The number of pyridine rings is 1. The van der Waals surface area contributed by atoms with Gasteiger partial charge in [0.15, 0.2) is 11.6 Å². The van der Waals surface area contributed by atoms with Crippen molar-refractivity contribution in [3.8, 4) is 0 Å². The Kier molecular flexibility index (Phi) is 7.96. The summed E-state index contributed by atoms with van der Waals surface area (Å²) in [6, 6.07) is 6.87. The van der Waals surface area contributed by atoms with Gasteiger partial charge in [0.1, 0.15) is 5.65 Å². The molecular weight excluding hydrogens is 552 g/mol. The number of amides is 1. The van der Waals surface area contributed by atoms with Crippen molar-refractivity contribution in [2.75, 3.05) is 11.3 Å². The monoisotopic (exact) mass is 576 g/mol. The number of aryl methyl sites for hydroxylation is 2. The van der Waals surface area contributed by atoms with E-state index in [-0.39, 0.29) is 29.0 Å². The van der Waals surface area contributed by atoms with Gasteiger partial charge in [-0.2, -0.15) is 13.2 Å². The molecule has 0 aliphatic heterocycles. The zero-order valence-corrected chi connectivity index (χ0v) is 22.1. The molecular formula is C27H24F4N4O4S. The number of carbonyl (C=O) groups is 2.